The molecule has 1 amide bonds. The van der Waals surface area contributed by atoms with Crippen LogP contribution in [-0.4, -0.2) is 42.4 Å². The number of likely N-dealkylation sites (tertiary alicyclic amines) is 1. The van der Waals surface area contributed by atoms with Gasteiger partial charge in [-0.05, 0) is 32.9 Å². The molecule has 0 unspecified atom stereocenters. The summed E-state index contributed by atoms with van der Waals surface area (Å²) in [7, 11) is 1.68. The molecule has 0 aliphatic carbocycles. The van der Waals surface area contributed by atoms with Crippen LogP contribution < -0.4 is 4.74 Å². The van der Waals surface area contributed by atoms with Gasteiger partial charge < -0.3 is 19.1 Å². The van der Waals surface area contributed by atoms with Crippen molar-refractivity contribution in [3.8, 4) is 5.75 Å². The Morgan fingerprint density at radius 3 is 2.35 bits per heavy atom. The van der Waals surface area contributed by atoms with Crippen LogP contribution in [-0.2, 0) is 9.47 Å². The first-order chi connectivity index (χ1) is 12.3. The average Bonchev–Trinajstić information content (AvgIpc) is 2.62. The number of rotatable bonds is 1. The Hall–Kier alpha value is -2.17. The molecule has 2 aliphatic heterocycles. The number of piperidine rings is 1. The third-order valence-corrected chi connectivity index (χ3v) is 4.34. The van der Waals surface area contributed by atoms with Gasteiger partial charge in [-0.1, -0.05) is 26.0 Å². The summed E-state index contributed by atoms with van der Waals surface area (Å²) in [5.41, 5.74) is 0.0774. The molecule has 2 heterocycles. The second-order valence-corrected chi connectivity index (χ2v) is 7.34. The van der Waals surface area contributed by atoms with Gasteiger partial charge >= 0.3 is 6.09 Å². The molecule has 2 aliphatic rings. The molecule has 26 heavy (non-hydrogen) atoms. The van der Waals surface area contributed by atoms with Gasteiger partial charge in [0, 0.05) is 32.0 Å². The van der Waals surface area contributed by atoms with E-state index in [-0.39, 0.29) is 6.09 Å². The third-order valence-electron chi connectivity index (χ3n) is 4.34. The number of methoxy groups -OCH3 is 1. The molecule has 0 N–H and O–H groups in total. The molecule has 144 valence electrons. The highest BCUT2D eigenvalue weighted by Gasteiger charge is 2.41. The van der Waals surface area contributed by atoms with Gasteiger partial charge in [0.2, 0.25) is 0 Å². The number of carbonyl (C=O) groups excluding carboxylic acids is 1. The molecule has 1 fully saturated rings. The van der Waals surface area contributed by atoms with Crippen LogP contribution in [0.2, 0.25) is 0 Å². The number of carbonyl (C=O) groups is 1. The van der Waals surface area contributed by atoms with E-state index in [9.17, 15) is 4.79 Å². The summed E-state index contributed by atoms with van der Waals surface area (Å²) in [5.74, 6) is 1.67. The first-order valence-electron chi connectivity index (χ1n) is 9.35. The Balaban J connectivity index is 0.00000117. The van der Waals surface area contributed by atoms with E-state index in [0.29, 0.717) is 25.9 Å². The summed E-state index contributed by atoms with van der Waals surface area (Å²) >= 11 is 0. The Bertz CT molecular complexity index is 652. The summed E-state index contributed by atoms with van der Waals surface area (Å²) in [6.07, 6.45) is 3.23. The number of nitrogens with zero attached hydrogens (tertiary/aromatic N) is 1. The van der Waals surface area contributed by atoms with Crippen LogP contribution in [0.5, 0.6) is 5.75 Å². The van der Waals surface area contributed by atoms with Gasteiger partial charge in [-0.2, -0.15) is 0 Å². The monoisotopic (exact) mass is 361 g/mol. The molecule has 1 saturated heterocycles. The fraction of sp³-hybridized carbons (Fsp3) is 0.571. The number of hydrogen-bond acceptors (Lipinski definition) is 4. The Morgan fingerprint density at radius 1 is 1.15 bits per heavy atom. The molecule has 5 heteroatoms. The van der Waals surface area contributed by atoms with Gasteiger partial charge in [0.25, 0.3) is 0 Å². The Kier molecular flexibility index (Phi) is 6.21. The number of hydrogen-bond donors (Lipinski definition) is 0. The van der Waals surface area contributed by atoms with Crippen molar-refractivity contribution in [3.05, 3.63) is 35.9 Å². The van der Waals surface area contributed by atoms with Gasteiger partial charge in [0.15, 0.2) is 0 Å². The molecular formula is C21H31NO4. The minimum absolute atomic E-state index is 0.260. The lowest BCUT2D eigenvalue weighted by molar-refractivity contribution is -0.00188. The highest BCUT2D eigenvalue weighted by Crippen LogP contribution is 2.41. The average molecular weight is 361 g/mol. The SMILES string of the molecule is CC.COC1=CC2(CCN(C(=O)OC(C)(C)C)CC2)Oc2ccccc21. The standard InChI is InChI=1S/C19H25NO4.C2H6/c1-18(2,3)24-17(21)20-11-9-19(10-12-20)13-16(22-4)14-7-5-6-8-15(14)23-19;1-2/h5-8,13H,9-12H2,1-4H3;1-2H3. The molecular weight excluding hydrogens is 330 g/mol. The van der Waals surface area contributed by atoms with Crippen LogP contribution >= 0.6 is 0 Å². The van der Waals surface area contributed by atoms with Crippen molar-refractivity contribution in [2.24, 2.45) is 0 Å². The van der Waals surface area contributed by atoms with Crippen LogP contribution in [0.4, 0.5) is 4.79 Å². The number of fused-ring (bicyclic) bond motifs is 1. The molecule has 5 nitrogen and oxygen atoms in total. The van der Waals surface area contributed by atoms with Crippen molar-refractivity contribution in [3.63, 3.8) is 0 Å². The molecule has 3 rings (SSSR count). The molecule has 1 spiro atoms. The quantitative estimate of drug-likeness (QED) is 0.716. The van der Waals surface area contributed by atoms with Crippen molar-refractivity contribution in [1.29, 1.82) is 0 Å². The van der Waals surface area contributed by atoms with Crippen LogP contribution in [0.3, 0.4) is 0 Å². The summed E-state index contributed by atoms with van der Waals surface area (Å²) in [5, 5.41) is 0. The van der Waals surface area contributed by atoms with Crippen molar-refractivity contribution in [1.82, 2.24) is 4.90 Å². The Labute approximate surface area is 156 Å². The van der Waals surface area contributed by atoms with E-state index in [0.717, 1.165) is 17.1 Å². The number of amides is 1. The first kappa shape index (κ1) is 20.1. The maximum absolute atomic E-state index is 12.2. The van der Waals surface area contributed by atoms with Crippen molar-refractivity contribution >= 4 is 11.9 Å². The van der Waals surface area contributed by atoms with Gasteiger partial charge in [-0.15, -0.1) is 0 Å². The smallest absolute Gasteiger partial charge is 0.410 e. The van der Waals surface area contributed by atoms with Crippen LogP contribution in [0.1, 0.15) is 53.0 Å². The fourth-order valence-electron chi connectivity index (χ4n) is 3.13. The molecule has 0 atom stereocenters. The predicted molar refractivity (Wildman–Crippen MR) is 103 cm³/mol. The molecule has 1 aromatic carbocycles. The van der Waals surface area contributed by atoms with E-state index in [4.69, 9.17) is 14.2 Å². The van der Waals surface area contributed by atoms with E-state index in [2.05, 4.69) is 6.08 Å². The zero-order valence-corrected chi connectivity index (χ0v) is 16.8. The van der Waals surface area contributed by atoms with E-state index >= 15 is 0 Å². The lowest BCUT2D eigenvalue weighted by atomic mass is 9.87. The lowest BCUT2D eigenvalue weighted by Crippen LogP contribution is -2.50. The Morgan fingerprint density at radius 2 is 1.77 bits per heavy atom. The molecule has 0 bridgehead atoms. The summed E-state index contributed by atoms with van der Waals surface area (Å²) in [6.45, 7) is 10.8. The summed E-state index contributed by atoms with van der Waals surface area (Å²) in [4.78, 5) is 14.0. The second-order valence-electron chi connectivity index (χ2n) is 7.34. The van der Waals surface area contributed by atoms with Gasteiger partial charge in [-0.25, -0.2) is 4.79 Å². The van der Waals surface area contributed by atoms with Crippen molar-refractivity contribution < 1.29 is 19.0 Å². The van der Waals surface area contributed by atoms with E-state index in [1.165, 1.54) is 0 Å². The number of para-hydroxylation sites is 1. The fourth-order valence-corrected chi connectivity index (χ4v) is 3.13. The van der Waals surface area contributed by atoms with E-state index in [1.54, 1.807) is 12.0 Å². The zero-order valence-electron chi connectivity index (χ0n) is 16.8. The molecule has 0 saturated carbocycles. The predicted octanol–water partition coefficient (Wildman–Crippen LogP) is 4.86. The number of ether oxygens (including phenoxy) is 3. The first-order valence-corrected chi connectivity index (χ1v) is 9.35. The maximum Gasteiger partial charge on any atom is 0.410 e. The van der Waals surface area contributed by atoms with Crippen molar-refractivity contribution in [2.75, 3.05) is 20.2 Å². The van der Waals surface area contributed by atoms with E-state index < -0.39 is 11.2 Å². The van der Waals surface area contributed by atoms with Gasteiger partial charge in [0.05, 0.1) is 12.7 Å². The summed E-state index contributed by atoms with van der Waals surface area (Å²) in [6, 6.07) is 7.88. The molecule has 0 aromatic heterocycles. The highest BCUT2D eigenvalue weighted by molar-refractivity contribution is 5.70. The lowest BCUT2D eigenvalue weighted by Gasteiger charge is -2.42. The van der Waals surface area contributed by atoms with Crippen LogP contribution in [0.25, 0.3) is 5.76 Å². The normalized spacial score (nSPS) is 17.9. The largest absolute Gasteiger partial charge is 0.496 e. The minimum atomic E-state index is -0.477. The van der Waals surface area contributed by atoms with Crippen molar-refractivity contribution in [2.45, 2.75) is 58.7 Å². The number of benzene rings is 1. The zero-order chi connectivity index (χ0) is 19.4. The van der Waals surface area contributed by atoms with E-state index in [1.807, 2.05) is 58.9 Å². The maximum atomic E-state index is 12.2. The molecule has 1 aromatic rings. The third kappa shape index (κ3) is 4.51. The second kappa shape index (κ2) is 8.02. The van der Waals surface area contributed by atoms with Gasteiger partial charge in [0.1, 0.15) is 22.7 Å². The summed E-state index contributed by atoms with van der Waals surface area (Å²) < 4.78 is 17.3. The highest BCUT2D eigenvalue weighted by atomic mass is 16.6. The van der Waals surface area contributed by atoms with Gasteiger partial charge in [-0.3, -0.25) is 0 Å². The van der Waals surface area contributed by atoms with Crippen LogP contribution in [0.15, 0.2) is 30.3 Å². The molecule has 0 radical (unpaired) electrons. The topological polar surface area (TPSA) is 48.0 Å². The minimum Gasteiger partial charge on any atom is -0.496 e. The van der Waals surface area contributed by atoms with Crippen LogP contribution in [0, 0.1) is 0 Å².